The van der Waals surface area contributed by atoms with Crippen LogP contribution in [0.15, 0.2) is 42.7 Å². The van der Waals surface area contributed by atoms with Crippen LogP contribution in [0.25, 0.3) is 10.6 Å². The van der Waals surface area contributed by atoms with Gasteiger partial charge < -0.3 is 5.32 Å². The molecule has 4 nitrogen and oxygen atoms in total. The fourth-order valence-electron chi connectivity index (χ4n) is 2.73. The highest BCUT2D eigenvalue weighted by molar-refractivity contribution is 7.17. The maximum Gasteiger partial charge on any atom is 0.267 e. The first-order chi connectivity index (χ1) is 12.0. The number of nitrogens with one attached hydrogen (secondary N) is 1. The number of para-hydroxylation sites is 1. The van der Waals surface area contributed by atoms with Gasteiger partial charge in [0.25, 0.3) is 5.91 Å². The zero-order valence-electron chi connectivity index (χ0n) is 14.8. The maximum atomic E-state index is 12.9. The van der Waals surface area contributed by atoms with E-state index >= 15 is 0 Å². The molecule has 25 heavy (non-hydrogen) atoms. The normalized spacial score (nSPS) is 10.9. The Morgan fingerprint density at radius 1 is 1.16 bits per heavy atom. The molecular weight excluding hydrogens is 330 g/mol. The largest absolute Gasteiger partial charge is 0.321 e. The molecule has 0 unspecified atom stereocenters. The van der Waals surface area contributed by atoms with Crippen LogP contribution < -0.4 is 5.32 Å². The summed E-state index contributed by atoms with van der Waals surface area (Å²) in [7, 11) is 0. The number of thiazole rings is 1. The van der Waals surface area contributed by atoms with Gasteiger partial charge in [-0.2, -0.15) is 0 Å². The van der Waals surface area contributed by atoms with E-state index in [4.69, 9.17) is 0 Å². The lowest BCUT2D eigenvalue weighted by molar-refractivity contribution is 0.102. The van der Waals surface area contributed by atoms with Gasteiger partial charge in [0.2, 0.25) is 0 Å². The van der Waals surface area contributed by atoms with Crippen molar-refractivity contribution in [2.75, 3.05) is 5.32 Å². The van der Waals surface area contributed by atoms with Crippen LogP contribution in [0.5, 0.6) is 0 Å². The molecule has 2 aromatic heterocycles. The number of aryl methyl sites for hydroxylation is 2. The number of carbonyl (C=O) groups is 1. The molecule has 0 aliphatic rings. The molecule has 1 amide bonds. The molecule has 128 valence electrons. The number of hydrogen-bond donors (Lipinski definition) is 1. The van der Waals surface area contributed by atoms with E-state index in [2.05, 4.69) is 35.2 Å². The molecule has 0 saturated heterocycles. The van der Waals surface area contributed by atoms with Gasteiger partial charge in [-0.25, -0.2) is 4.98 Å². The quantitative estimate of drug-likeness (QED) is 0.703. The maximum absolute atomic E-state index is 12.9. The van der Waals surface area contributed by atoms with E-state index in [0.29, 0.717) is 10.8 Å². The van der Waals surface area contributed by atoms with Crippen LogP contribution >= 0.6 is 11.3 Å². The number of nitrogens with zero attached hydrogens (tertiary/aromatic N) is 2. The molecule has 1 aromatic carbocycles. The van der Waals surface area contributed by atoms with Crippen molar-refractivity contribution < 1.29 is 4.79 Å². The van der Waals surface area contributed by atoms with Gasteiger partial charge in [-0.1, -0.05) is 32.0 Å². The lowest BCUT2D eigenvalue weighted by Gasteiger charge is -2.16. The van der Waals surface area contributed by atoms with Crippen LogP contribution in [-0.2, 0) is 0 Å². The fourth-order valence-corrected chi connectivity index (χ4v) is 3.68. The van der Waals surface area contributed by atoms with Gasteiger partial charge >= 0.3 is 0 Å². The molecule has 0 aliphatic carbocycles. The Morgan fingerprint density at radius 2 is 1.96 bits per heavy atom. The number of anilines is 1. The van der Waals surface area contributed by atoms with Gasteiger partial charge in [0.15, 0.2) is 0 Å². The lowest BCUT2D eigenvalue weighted by atomic mass is 9.98. The van der Waals surface area contributed by atoms with Gasteiger partial charge in [-0.3, -0.25) is 9.78 Å². The fraction of sp³-hybridized carbons (Fsp3) is 0.250. The summed E-state index contributed by atoms with van der Waals surface area (Å²) in [4.78, 5) is 22.1. The second kappa shape index (κ2) is 7.15. The minimum Gasteiger partial charge on any atom is -0.321 e. The molecule has 0 spiro atoms. The first kappa shape index (κ1) is 17.3. The van der Waals surface area contributed by atoms with Crippen molar-refractivity contribution in [2.45, 2.75) is 33.6 Å². The molecule has 0 saturated carbocycles. The van der Waals surface area contributed by atoms with Gasteiger partial charge in [-0.15, -0.1) is 11.3 Å². The van der Waals surface area contributed by atoms with E-state index in [0.717, 1.165) is 33.1 Å². The number of aromatic nitrogens is 2. The van der Waals surface area contributed by atoms with Crippen molar-refractivity contribution in [1.82, 2.24) is 9.97 Å². The Balaban J connectivity index is 1.92. The zero-order chi connectivity index (χ0) is 18.0. The minimum absolute atomic E-state index is 0.110. The van der Waals surface area contributed by atoms with Crippen LogP contribution in [0.2, 0.25) is 0 Å². The lowest BCUT2D eigenvalue weighted by Crippen LogP contribution is -2.14. The standard InChI is InChI=1S/C20H21N3OS/c1-12(2)16-9-5-7-13(3)17(16)23-19(24)18-14(4)22-20(25-18)15-8-6-10-21-11-15/h5-12H,1-4H3,(H,23,24). The number of benzene rings is 1. The van der Waals surface area contributed by atoms with Gasteiger partial charge in [-0.05, 0) is 43.0 Å². The van der Waals surface area contributed by atoms with Crippen LogP contribution in [-0.4, -0.2) is 15.9 Å². The molecule has 0 radical (unpaired) electrons. The van der Waals surface area contributed by atoms with Crippen molar-refractivity contribution in [3.05, 3.63) is 64.4 Å². The van der Waals surface area contributed by atoms with E-state index in [9.17, 15) is 4.79 Å². The van der Waals surface area contributed by atoms with Crippen molar-refractivity contribution in [3.8, 4) is 10.6 Å². The Labute approximate surface area is 152 Å². The van der Waals surface area contributed by atoms with E-state index in [1.807, 2.05) is 38.1 Å². The Kier molecular flexibility index (Phi) is 4.95. The topological polar surface area (TPSA) is 54.9 Å². The second-order valence-electron chi connectivity index (χ2n) is 6.32. The number of carbonyl (C=O) groups excluding carboxylic acids is 1. The van der Waals surface area contributed by atoms with E-state index in [1.165, 1.54) is 11.3 Å². The molecule has 3 rings (SSSR count). The molecular formula is C20H21N3OS. The Morgan fingerprint density at radius 3 is 2.64 bits per heavy atom. The number of rotatable bonds is 4. The first-order valence-corrected chi connectivity index (χ1v) is 9.07. The third kappa shape index (κ3) is 3.61. The summed E-state index contributed by atoms with van der Waals surface area (Å²) in [6, 6.07) is 9.92. The third-order valence-electron chi connectivity index (χ3n) is 4.08. The van der Waals surface area contributed by atoms with Gasteiger partial charge in [0, 0.05) is 23.6 Å². The molecule has 2 heterocycles. The molecule has 0 atom stereocenters. The minimum atomic E-state index is -0.110. The van der Waals surface area contributed by atoms with Crippen LogP contribution in [0.1, 0.15) is 46.3 Å². The summed E-state index contributed by atoms with van der Waals surface area (Å²) in [6.07, 6.45) is 3.49. The average molecular weight is 351 g/mol. The number of amides is 1. The predicted octanol–water partition coefficient (Wildman–Crippen LogP) is 5.20. The molecule has 1 N–H and O–H groups in total. The highest BCUT2D eigenvalue weighted by Crippen LogP contribution is 2.31. The highest BCUT2D eigenvalue weighted by atomic mass is 32.1. The summed E-state index contributed by atoms with van der Waals surface area (Å²) in [6.45, 7) is 8.14. The van der Waals surface area contributed by atoms with Crippen molar-refractivity contribution in [2.24, 2.45) is 0 Å². The van der Waals surface area contributed by atoms with E-state index in [-0.39, 0.29) is 5.91 Å². The molecule has 3 aromatic rings. The molecule has 0 fully saturated rings. The number of hydrogen-bond acceptors (Lipinski definition) is 4. The van der Waals surface area contributed by atoms with Crippen molar-refractivity contribution >= 4 is 22.9 Å². The smallest absolute Gasteiger partial charge is 0.267 e. The summed E-state index contributed by atoms with van der Waals surface area (Å²) in [5.74, 6) is 0.227. The van der Waals surface area contributed by atoms with Crippen LogP contribution in [0.3, 0.4) is 0 Å². The van der Waals surface area contributed by atoms with E-state index < -0.39 is 0 Å². The number of pyridine rings is 1. The van der Waals surface area contributed by atoms with Crippen LogP contribution in [0.4, 0.5) is 5.69 Å². The molecule has 0 aliphatic heterocycles. The Bertz CT molecular complexity index is 901. The van der Waals surface area contributed by atoms with Gasteiger partial charge in [0.05, 0.1) is 5.69 Å². The third-order valence-corrected chi connectivity index (χ3v) is 5.28. The predicted molar refractivity (Wildman–Crippen MR) is 103 cm³/mol. The van der Waals surface area contributed by atoms with Crippen molar-refractivity contribution in [3.63, 3.8) is 0 Å². The van der Waals surface area contributed by atoms with Crippen LogP contribution in [0, 0.1) is 13.8 Å². The summed E-state index contributed by atoms with van der Waals surface area (Å²) in [5, 5.41) is 3.91. The highest BCUT2D eigenvalue weighted by Gasteiger charge is 2.19. The monoisotopic (exact) mass is 351 g/mol. The van der Waals surface area contributed by atoms with E-state index in [1.54, 1.807) is 12.4 Å². The van der Waals surface area contributed by atoms with Crippen molar-refractivity contribution in [1.29, 1.82) is 0 Å². The zero-order valence-corrected chi connectivity index (χ0v) is 15.6. The average Bonchev–Trinajstić information content (AvgIpc) is 2.99. The molecule has 0 bridgehead atoms. The molecule has 5 heteroatoms. The summed E-state index contributed by atoms with van der Waals surface area (Å²) in [5.41, 5.74) is 4.77. The van der Waals surface area contributed by atoms with Gasteiger partial charge in [0.1, 0.15) is 9.88 Å². The summed E-state index contributed by atoms with van der Waals surface area (Å²) >= 11 is 1.40. The summed E-state index contributed by atoms with van der Waals surface area (Å²) < 4.78 is 0. The Hall–Kier alpha value is -2.53. The SMILES string of the molecule is Cc1cccc(C(C)C)c1NC(=O)c1sc(-c2cccnc2)nc1C. The second-order valence-corrected chi connectivity index (χ2v) is 7.32. The first-order valence-electron chi connectivity index (χ1n) is 8.26.